The average molecular weight is 493 g/mol. The fourth-order valence-corrected chi connectivity index (χ4v) is 2.61. The number of carbonyl (C=O) groups is 5. The molecule has 0 saturated carbocycles. The number of carboxylic acid groups (broad SMARTS) is 2. The van der Waals surface area contributed by atoms with Crippen molar-refractivity contribution in [3.05, 3.63) is 0 Å². The van der Waals surface area contributed by atoms with Crippen molar-refractivity contribution in [2.45, 2.75) is 56.5 Å². The third kappa shape index (κ3) is 14.4. The van der Waals surface area contributed by atoms with Gasteiger partial charge in [-0.3, -0.25) is 29.3 Å². The van der Waals surface area contributed by atoms with Crippen LogP contribution in [-0.2, 0) is 38.2 Å². The lowest BCUT2D eigenvalue weighted by Crippen LogP contribution is -2.62. The van der Waals surface area contributed by atoms with Crippen molar-refractivity contribution in [2.24, 2.45) is 17.2 Å². The van der Waals surface area contributed by atoms with Crippen LogP contribution in [0.25, 0.3) is 0 Å². The molecule has 0 aliphatic heterocycles. The highest BCUT2D eigenvalue weighted by Gasteiger charge is 2.40. The van der Waals surface area contributed by atoms with Crippen molar-refractivity contribution >= 4 is 29.8 Å². The molecular formula is C20H36N4O10. The molecule has 0 aliphatic carbocycles. The monoisotopic (exact) mass is 492 g/mol. The maximum Gasteiger partial charge on any atom is 0.321 e. The first-order valence-electron chi connectivity index (χ1n) is 10.9. The van der Waals surface area contributed by atoms with Gasteiger partial charge in [-0.2, -0.15) is 0 Å². The van der Waals surface area contributed by atoms with E-state index in [2.05, 4.69) is 5.32 Å². The van der Waals surface area contributed by atoms with Crippen molar-refractivity contribution < 1.29 is 48.4 Å². The van der Waals surface area contributed by atoms with Gasteiger partial charge in [-0.1, -0.05) is 0 Å². The molecule has 0 rings (SSSR count). The molecule has 0 aliphatic rings. The normalized spacial score (nSPS) is 12.0. The third-order valence-electron chi connectivity index (χ3n) is 4.44. The van der Waals surface area contributed by atoms with Crippen molar-refractivity contribution in [3.63, 3.8) is 0 Å². The Morgan fingerprint density at radius 2 is 1.06 bits per heavy atom. The number of rotatable bonds is 20. The van der Waals surface area contributed by atoms with Gasteiger partial charge in [0, 0.05) is 19.3 Å². The molecular weight excluding hydrogens is 456 g/mol. The van der Waals surface area contributed by atoms with E-state index in [1.54, 1.807) is 0 Å². The number of aliphatic carboxylic acids is 2. The zero-order valence-electron chi connectivity index (χ0n) is 19.2. The van der Waals surface area contributed by atoms with Crippen LogP contribution in [0, 0.1) is 0 Å². The topological polar surface area (TPSA) is 244 Å². The Labute approximate surface area is 197 Å². The molecule has 1 unspecified atom stereocenters. The van der Waals surface area contributed by atoms with E-state index < -0.39 is 67.7 Å². The molecule has 34 heavy (non-hydrogen) atoms. The zero-order chi connectivity index (χ0) is 26.0. The number of esters is 3. The minimum absolute atomic E-state index is 0.0311. The lowest BCUT2D eigenvalue weighted by Gasteiger charge is -2.35. The molecule has 0 spiro atoms. The van der Waals surface area contributed by atoms with Crippen LogP contribution in [-0.4, -0.2) is 91.1 Å². The molecule has 0 amide bonds. The molecule has 0 radical (unpaired) electrons. The van der Waals surface area contributed by atoms with Crippen LogP contribution in [0.2, 0.25) is 0 Å². The summed E-state index contributed by atoms with van der Waals surface area (Å²) in [7, 11) is 0. The van der Waals surface area contributed by atoms with Crippen LogP contribution in [0.4, 0.5) is 0 Å². The minimum atomic E-state index is -1.74. The molecule has 0 aromatic rings. The molecule has 9 N–H and O–H groups in total. The fourth-order valence-electron chi connectivity index (χ4n) is 2.61. The number of nitrogens with one attached hydrogen (secondary N) is 1. The van der Waals surface area contributed by atoms with Gasteiger partial charge in [-0.05, 0) is 38.9 Å². The van der Waals surface area contributed by atoms with Crippen LogP contribution in [0.5, 0.6) is 0 Å². The quantitative estimate of drug-likeness (QED) is 0.0802. The highest BCUT2D eigenvalue weighted by Crippen LogP contribution is 2.14. The van der Waals surface area contributed by atoms with E-state index in [1.165, 1.54) is 0 Å². The van der Waals surface area contributed by atoms with E-state index >= 15 is 0 Å². The summed E-state index contributed by atoms with van der Waals surface area (Å²) in [5.41, 5.74) is 14.4. The molecule has 0 saturated heterocycles. The van der Waals surface area contributed by atoms with Gasteiger partial charge in [0.15, 0.2) is 0 Å². The molecule has 1 atom stereocenters. The van der Waals surface area contributed by atoms with Gasteiger partial charge >= 0.3 is 29.8 Å². The Hall–Kier alpha value is -2.81. The molecule has 14 heteroatoms. The van der Waals surface area contributed by atoms with Crippen molar-refractivity contribution in [3.8, 4) is 0 Å². The lowest BCUT2D eigenvalue weighted by atomic mass is 10.00. The molecule has 0 bridgehead atoms. The average Bonchev–Trinajstić information content (AvgIpc) is 2.79. The van der Waals surface area contributed by atoms with Crippen LogP contribution in [0.3, 0.4) is 0 Å². The Bertz CT molecular complexity index is 614. The highest BCUT2D eigenvalue weighted by molar-refractivity contribution is 5.80. The maximum atomic E-state index is 12.0. The van der Waals surface area contributed by atoms with Crippen LogP contribution >= 0.6 is 0 Å². The number of ether oxygens (including phenoxy) is 3. The second-order valence-electron chi connectivity index (χ2n) is 7.57. The number of carbonyl (C=O) groups excluding carboxylic acids is 3. The zero-order valence-corrected chi connectivity index (χ0v) is 19.2. The van der Waals surface area contributed by atoms with Crippen LogP contribution < -0.4 is 22.5 Å². The van der Waals surface area contributed by atoms with Crippen LogP contribution in [0.1, 0.15) is 44.9 Å². The molecule has 0 heterocycles. The smallest absolute Gasteiger partial charge is 0.321 e. The first-order chi connectivity index (χ1) is 16.1. The summed E-state index contributed by atoms with van der Waals surface area (Å²) in [5, 5.41) is 21.1. The summed E-state index contributed by atoms with van der Waals surface area (Å²) in [6.45, 7) is -1.03. The van der Waals surface area contributed by atoms with Crippen LogP contribution in [0.15, 0.2) is 0 Å². The van der Waals surface area contributed by atoms with E-state index in [0.29, 0.717) is 19.3 Å². The Balaban J connectivity index is 5.81. The fraction of sp³-hybridized carbons (Fsp3) is 0.750. The number of hydrogen-bond donors (Lipinski definition) is 6. The van der Waals surface area contributed by atoms with E-state index in [9.17, 15) is 29.1 Å². The Morgan fingerprint density at radius 3 is 1.32 bits per heavy atom. The predicted molar refractivity (Wildman–Crippen MR) is 117 cm³/mol. The summed E-state index contributed by atoms with van der Waals surface area (Å²) in [6, 6.07) is -1.68. The van der Waals surface area contributed by atoms with Gasteiger partial charge in [0.25, 0.3) is 0 Å². The summed E-state index contributed by atoms with van der Waals surface area (Å²) in [6.07, 6.45) is 0.0545. The van der Waals surface area contributed by atoms with Gasteiger partial charge in [-0.25, -0.2) is 0 Å². The van der Waals surface area contributed by atoms with Gasteiger partial charge < -0.3 is 41.6 Å². The summed E-state index contributed by atoms with van der Waals surface area (Å²) in [4.78, 5) is 59.0. The van der Waals surface area contributed by atoms with Gasteiger partial charge in [0.2, 0.25) is 0 Å². The first-order valence-corrected chi connectivity index (χ1v) is 10.9. The Morgan fingerprint density at radius 1 is 0.706 bits per heavy atom. The second-order valence-corrected chi connectivity index (χ2v) is 7.57. The highest BCUT2D eigenvalue weighted by atomic mass is 16.6. The van der Waals surface area contributed by atoms with E-state index in [0.717, 1.165) is 0 Å². The van der Waals surface area contributed by atoms with Gasteiger partial charge in [-0.15, -0.1) is 0 Å². The molecule has 0 fully saturated rings. The number of hydrogen-bond acceptors (Lipinski definition) is 12. The van der Waals surface area contributed by atoms with Gasteiger partial charge in [0.1, 0.15) is 31.4 Å². The van der Waals surface area contributed by atoms with Crippen molar-refractivity contribution in [1.82, 2.24) is 5.32 Å². The second kappa shape index (κ2) is 17.6. The molecule has 0 aromatic heterocycles. The van der Waals surface area contributed by atoms with E-state index in [1.807, 2.05) is 0 Å². The van der Waals surface area contributed by atoms with Crippen molar-refractivity contribution in [2.75, 3.05) is 39.5 Å². The summed E-state index contributed by atoms with van der Waals surface area (Å²) >= 11 is 0. The third-order valence-corrected chi connectivity index (χ3v) is 4.44. The standard InChI is InChI=1S/C20H36N4O10/c21-7-1-4-16(27)32-11-20(12-33-17(28)5-2-8-22,13-34-18(29)6-3-9-23)24-14(19(30)31)10-15(25)26/h14,24H,1-13,21-23H2,(H,25,26)(H,30,31). The molecule has 14 nitrogen and oxygen atoms in total. The largest absolute Gasteiger partial charge is 0.481 e. The molecule has 196 valence electrons. The summed E-state index contributed by atoms with van der Waals surface area (Å²) < 4.78 is 15.6. The predicted octanol–water partition coefficient (Wildman–Crippen LogP) is -1.91. The number of nitrogens with two attached hydrogens (primary N) is 3. The molecule has 0 aromatic carbocycles. The van der Waals surface area contributed by atoms with E-state index in [4.69, 9.17) is 36.5 Å². The maximum absolute atomic E-state index is 12.0. The number of carboxylic acids is 2. The Kier molecular flexibility index (Phi) is 16.2. The van der Waals surface area contributed by atoms with Crippen molar-refractivity contribution in [1.29, 1.82) is 0 Å². The van der Waals surface area contributed by atoms with Gasteiger partial charge in [0.05, 0.1) is 6.42 Å². The SMILES string of the molecule is NCCCC(=O)OCC(COC(=O)CCCN)(COC(=O)CCCN)NC(CC(=O)O)C(=O)O. The van der Waals surface area contributed by atoms with E-state index in [-0.39, 0.29) is 38.9 Å². The first kappa shape index (κ1) is 31.2. The summed E-state index contributed by atoms with van der Waals surface area (Å²) in [5.74, 6) is -4.97. The minimum Gasteiger partial charge on any atom is -0.481 e. The lowest BCUT2D eigenvalue weighted by molar-refractivity contribution is -0.159.